The van der Waals surface area contributed by atoms with Crippen molar-refractivity contribution in [2.75, 3.05) is 40.0 Å². The predicted molar refractivity (Wildman–Crippen MR) is 89.5 cm³/mol. The number of nitrogens with two attached hydrogens (primary N) is 1. The van der Waals surface area contributed by atoms with Crippen LogP contribution in [0.25, 0.3) is 10.1 Å². The molecule has 2 aromatic rings. The van der Waals surface area contributed by atoms with Gasteiger partial charge in [-0.05, 0) is 26.2 Å². The van der Waals surface area contributed by atoms with Crippen molar-refractivity contribution in [3.05, 3.63) is 27.5 Å². The number of benzene rings is 1. The molecular formula is C14H18BrN3OS. The number of thiophene rings is 1. The van der Waals surface area contributed by atoms with E-state index >= 15 is 0 Å². The lowest BCUT2D eigenvalue weighted by molar-refractivity contribution is 0.0792. The van der Waals surface area contributed by atoms with Crippen LogP contribution >= 0.6 is 27.3 Å². The molecule has 0 aliphatic heterocycles. The van der Waals surface area contributed by atoms with Gasteiger partial charge in [0.05, 0.1) is 5.69 Å². The molecule has 0 saturated carbocycles. The highest BCUT2D eigenvalue weighted by atomic mass is 79.9. The molecule has 108 valence electrons. The zero-order valence-corrected chi connectivity index (χ0v) is 14.2. The number of amides is 1. The molecule has 0 radical (unpaired) electrons. The smallest absolute Gasteiger partial charge is 0.265 e. The van der Waals surface area contributed by atoms with Gasteiger partial charge in [0.1, 0.15) is 4.88 Å². The van der Waals surface area contributed by atoms with Gasteiger partial charge in [-0.2, -0.15) is 0 Å². The highest BCUT2D eigenvalue weighted by molar-refractivity contribution is 9.10. The Kier molecular flexibility index (Phi) is 4.67. The molecule has 0 spiro atoms. The number of likely N-dealkylation sites (N-methyl/N-ethyl adjacent to an activating group) is 2. The molecule has 6 heteroatoms. The Labute approximate surface area is 131 Å². The van der Waals surface area contributed by atoms with E-state index in [1.54, 1.807) is 4.90 Å². The first-order valence-electron chi connectivity index (χ1n) is 6.28. The molecule has 0 fully saturated rings. The van der Waals surface area contributed by atoms with Crippen molar-refractivity contribution in [2.45, 2.75) is 0 Å². The molecule has 2 N–H and O–H groups in total. The Balaban J connectivity index is 2.28. The molecule has 1 aromatic heterocycles. The lowest BCUT2D eigenvalue weighted by Gasteiger charge is -2.19. The molecule has 0 aliphatic rings. The maximum atomic E-state index is 12.5. The van der Waals surface area contributed by atoms with Gasteiger partial charge in [0, 0.05) is 34.7 Å². The highest BCUT2D eigenvalue weighted by Crippen LogP contribution is 2.35. The van der Waals surface area contributed by atoms with Gasteiger partial charge in [-0.1, -0.05) is 22.0 Å². The second kappa shape index (κ2) is 6.11. The van der Waals surface area contributed by atoms with Crippen LogP contribution in [0, 0.1) is 0 Å². The Morgan fingerprint density at radius 3 is 2.65 bits per heavy atom. The third-order valence-electron chi connectivity index (χ3n) is 3.11. The number of hydrogen-bond acceptors (Lipinski definition) is 4. The lowest BCUT2D eigenvalue weighted by atomic mass is 10.2. The summed E-state index contributed by atoms with van der Waals surface area (Å²) in [4.78, 5) is 16.9. The fourth-order valence-corrected chi connectivity index (χ4v) is 3.54. The van der Waals surface area contributed by atoms with Gasteiger partial charge in [0.2, 0.25) is 0 Å². The molecule has 1 aromatic carbocycles. The van der Waals surface area contributed by atoms with Crippen LogP contribution in [0.4, 0.5) is 5.69 Å². The van der Waals surface area contributed by atoms with E-state index in [0.717, 1.165) is 21.1 Å². The normalized spacial score (nSPS) is 11.2. The zero-order valence-electron chi connectivity index (χ0n) is 11.8. The zero-order chi connectivity index (χ0) is 14.9. The van der Waals surface area contributed by atoms with Crippen LogP contribution in [0.2, 0.25) is 0 Å². The predicted octanol–water partition coefficient (Wildman–Crippen LogP) is 2.88. The third kappa shape index (κ3) is 3.13. The van der Waals surface area contributed by atoms with E-state index in [-0.39, 0.29) is 5.91 Å². The van der Waals surface area contributed by atoms with Crippen LogP contribution in [0.3, 0.4) is 0 Å². The molecule has 0 atom stereocenters. The Hall–Kier alpha value is -1.11. The number of hydrogen-bond donors (Lipinski definition) is 1. The second-order valence-corrected chi connectivity index (χ2v) is 6.98. The van der Waals surface area contributed by atoms with Crippen molar-refractivity contribution in [1.29, 1.82) is 0 Å². The van der Waals surface area contributed by atoms with Crippen molar-refractivity contribution in [2.24, 2.45) is 0 Å². The summed E-state index contributed by atoms with van der Waals surface area (Å²) in [7, 11) is 5.79. The van der Waals surface area contributed by atoms with Gasteiger partial charge >= 0.3 is 0 Å². The molecule has 0 unspecified atom stereocenters. The summed E-state index contributed by atoms with van der Waals surface area (Å²) < 4.78 is 2.02. The number of halogens is 1. The van der Waals surface area contributed by atoms with E-state index in [1.807, 2.05) is 39.3 Å². The van der Waals surface area contributed by atoms with Crippen LogP contribution < -0.4 is 5.73 Å². The van der Waals surface area contributed by atoms with Crippen molar-refractivity contribution in [3.63, 3.8) is 0 Å². The number of carbonyl (C=O) groups excluding carboxylic acids is 1. The van der Waals surface area contributed by atoms with E-state index < -0.39 is 0 Å². The summed E-state index contributed by atoms with van der Waals surface area (Å²) in [6.45, 7) is 1.52. The monoisotopic (exact) mass is 355 g/mol. The minimum absolute atomic E-state index is 0.0123. The fourth-order valence-electron chi connectivity index (χ4n) is 1.87. The quantitative estimate of drug-likeness (QED) is 0.917. The molecule has 0 aliphatic carbocycles. The summed E-state index contributed by atoms with van der Waals surface area (Å²) in [6, 6.07) is 5.88. The second-order valence-electron chi connectivity index (χ2n) is 5.02. The molecular weight excluding hydrogens is 338 g/mol. The number of fused-ring (bicyclic) bond motifs is 1. The molecule has 4 nitrogen and oxygen atoms in total. The summed E-state index contributed by atoms with van der Waals surface area (Å²) in [6.07, 6.45) is 0. The van der Waals surface area contributed by atoms with E-state index in [9.17, 15) is 4.79 Å². The first kappa shape index (κ1) is 15.3. The van der Waals surface area contributed by atoms with Crippen molar-refractivity contribution < 1.29 is 4.79 Å². The molecule has 2 rings (SSSR count). The standard InChI is InChI=1S/C14H18BrN3OS/c1-17(2)6-7-18(3)14(19)13-12(16)10-5-4-9(15)8-11(10)20-13/h4-5,8H,6-7,16H2,1-3H3. The van der Waals surface area contributed by atoms with Crippen LogP contribution in [-0.2, 0) is 0 Å². The maximum Gasteiger partial charge on any atom is 0.265 e. The van der Waals surface area contributed by atoms with Gasteiger partial charge in [0.25, 0.3) is 5.91 Å². The summed E-state index contributed by atoms with van der Waals surface area (Å²) >= 11 is 4.89. The molecule has 1 heterocycles. The van der Waals surface area contributed by atoms with Crippen LogP contribution in [0.15, 0.2) is 22.7 Å². The van der Waals surface area contributed by atoms with E-state index in [4.69, 9.17) is 5.73 Å². The van der Waals surface area contributed by atoms with E-state index in [1.165, 1.54) is 11.3 Å². The molecule has 0 bridgehead atoms. The largest absolute Gasteiger partial charge is 0.397 e. The third-order valence-corrected chi connectivity index (χ3v) is 4.76. The minimum Gasteiger partial charge on any atom is -0.397 e. The van der Waals surface area contributed by atoms with Crippen molar-refractivity contribution in [3.8, 4) is 0 Å². The summed E-state index contributed by atoms with van der Waals surface area (Å²) in [5, 5.41) is 0.947. The van der Waals surface area contributed by atoms with Crippen LogP contribution in [0.5, 0.6) is 0 Å². The number of rotatable bonds is 4. The topological polar surface area (TPSA) is 49.6 Å². The van der Waals surface area contributed by atoms with Gasteiger partial charge < -0.3 is 15.5 Å². The summed E-state index contributed by atoms with van der Waals surface area (Å²) in [5.41, 5.74) is 6.70. The highest BCUT2D eigenvalue weighted by Gasteiger charge is 2.19. The van der Waals surface area contributed by atoms with Gasteiger partial charge in [-0.15, -0.1) is 11.3 Å². The van der Waals surface area contributed by atoms with Gasteiger partial charge in [-0.3, -0.25) is 4.79 Å². The SMILES string of the molecule is CN(C)CCN(C)C(=O)c1sc2cc(Br)ccc2c1N. The molecule has 0 saturated heterocycles. The Morgan fingerprint density at radius 1 is 1.30 bits per heavy atom. The average Bonchev–Trinajstić information content (AvgIpc) is 2.71. The van der Waals surface area contributed by atoms with Crippen LogP contribution in [-0.4, -0.2) is 49.9 Å². The first-order chi connectivity index (χ1) is 9.40. The van der Waals surface area contributed by atoms with Gasteiger partial charge in [-0.25, -0.2) is 0 Å². The Morgan fingerprint density at radius 2 is 2.00 bits per heavy atom. The maximum absolute atomic E-state index is 12.5. The fraction of sp³-hybridized carbons (Fsp3) is 0.357. The number of nitrogens with zero attached hydrogens (tertiary/aromatic N) is 2. The minimum atomic E-state index is -0.0123. The van der Waals surface area contributed by atoms with Crippen molar-refractivity contribution in [1.82, 2.24) is 9.80 Å². The average molecular weight is 356 g/mol. The number of nitrogen functional groups attached to an aromatic ring is 1. The molecule has 1 amide bonds. The number of carbonyl (C=O) groups is 1. The van der Waals surface area contributed by atoms with Gasteiger partial charge in [0.15, 0.2) is 0 Å². The first-order valence-corrected chi connectivity index (χ1v) is 7.89. The molecule has 20 heavy (non-hydrogen) atoms. The number of anilines is 1. The Bertz CT molecular complexity index is 639. The van der Waals surface area contributed by atoms with E-state index in [0.29, 0.717) is 17.1 Å². The summed E-state index contributed by atoms with van der Waals surface area (Å²) in [5.74, 6) is -0.0123. The lowest BCUT2D eigenvalue weighted by Crippen LogP contribution is -2.33. The van der Waals surface area contributed by atoms with E-state index in [2.05, 4.69) is 20.8 Å². The van der Waals surface area contributed by atoms with Crippen molar-refractivity contribution >= 4 is 48.9 Å². The van der Waals surface area contributed by atoms with Crippen LogP contribution in [0.1, 0.15) is 9.67 Å².